The van der Waals surface area contributed by atoms with Crippen LogP contribution >= 0.6 is 0 Å². The van der Waals surface area contributed by atoms with E-state index in [2.05, 4.69) is 31.0 Å². The third kappa shape index (κ3) is 3.00. The Kier molecular flexibility index (Phi) is 3.92. The van der Waals surface area contributed by atoms with Crippen LogP contribution < -0.4 is 5.32 Å². The van der Waals surface area contributed by atoms with Gasteiger partial charge in [0.25, 0.3) is 0 Å². The molecule has 0 aromatic rings. The molecule has 0 aromatic carbocycles. The lowest BCUT2D eigenvalue weighted by molar-refractivity contribution is 0.0436. The maximum atomic E-state index is 3.93. The van der Waals surface area contributed by atoms with E-state index >= 15 is 0 Å². The molecule has 3 rings (SSSR count). The smallest absolute Gasteiger partial charge is 0.0309 e. The van der Waals surface area contributed by atoms with Crippen LogP contribution in [0.3, 0.4) is 0 Å². The van der Waals surface area contributed by atoms with Crippen LogP contribution in [0.4, 0.5) is 0 Å². The minimum absolute atomic E-state index is 0.481. The van der Waals surface area contributed by atoms with Crippen LogP contribution in [-0.2, 0) is 0 Å². The molecule has 1 aliphatic heterocycles. The summed E-state index contributed by atoms with van der Waals surface area (Å²) < 4.78 is 0. The number of nitrogens with one attached hydrogen (secondary N) is 1. The summed E-state index contributed by atoms with van der Waals surface area (Å²) in [5, 5.41) is 3.93. The van der Waals surface area contributed by atoms with Crippen molar-refractivity contribution >= 4 is 0 Å². The first-order valence-corrected chi connectivity index (χ1v) is 8.59. The molecule has 0 amide bonds. The van der Waals surface area contributed by atoms with Gasteiger partial charge >= 0.3 is 0 Å². The highest BCUT2D eigenvalue weighted by Crippen LogP contribution is 2.39. The highest BCUT2D eigenvalue weighted by atomic mass is 15.3. The van der Waals surface area contributed by atoms with Crippen molar-refractivity contribution in [3.05, 3.63) is 0 Å². The fourth-order valence-corrected chi connectivity index (χ4v) is 4.44. The number of nitrogens with zero attached hydrogens (tertiary/aromatic N) is 1. The molecular formula is C17H32N2. The van der Waals surface area contributed by atoms with Crippen molar-refractivity contribution in [1.29, 1.82) is 0 Å². The zero-order chi connectivity index (χ0) is 13.5. The molecule has 1 saturated heterocycles. The maximum Gasteiger partial charge on any atom is 0.0309 e. The number of hydrogen-bond donors (Lipinski definition) is 1. The first kappa shape index (κ1) is 13.9. The third-order valence-electron chi connectivity index (χ3n) is 5.94. The zero-order valence-electron chi connectivity index (χ0n) is 13.1. The van der Waals surface area contributed by atoms with Crippen LogP contribution in [0.5, 0.6) is 0 Å². The van der Waals surface area contributed by atoms with Gasteiger partial charge in [0.15, 0.2) is 0 Å². The van der Waals surface area contributed by atoms with Crippen LogP contribution in [0.2, 0.25) is 0 Å². The van der Waals surface area contributed by atoms with Gasteiger partial charge in [-0.25, -0.2) is 0 Å². The molecule has 110 valence electrons. The Morgan fingerprint density at radius 1 is 1.16 bits per heavy atom. The lowest BCUT2D eigenvalue weighted by Gasteiger charge is -2.48. The van der Waals surface area contributed by atoms with Gasteiger partial charge in [-0.15, -0.1) is 0 Å². The third-order valence-corrected chi connectivity index (χ3v) is 5.94. The summed E-state index contributed by atoms with van der Waals surface area (Å²) in [6.45, 7) is 11.2. The minimum atomic E-state index is 0.481. The van der Waals surface area contributed by atoms with Crippen molar-refractivity contribution in [2.45, 2.75) is 70.9 Å². The summed E-state index contributed by atoms with van der Waals surface area (Å²) in [5.41, 5.74) is 0.481. The summed E-state index contributed by atoms with van der Waals surface area (Å²) in [5.74, 6) is 2.73. The quantitative estimate of drug-likeness (QED) is 0.838. The van der Waals surface area contributed by atoms with Crippen LogP contribution in [0.1, 0.15) is 59.3 Å². The molecule has 0 radical (unpaired) electrons. The van der Waals surface area contributed by atoms with Crippen LogP contribution in [-0.4, -0.2) is 36.1 Å². The van der Waals surface area contributed by atoms with E-state index in [-0.39, 0.29) is 0 Å². The van der Waals surface area contributed by atoms with Gasteiger partial charge in [-0.3, -0.25) is 4.90 Å². The second kappa shape index (κ2) is 5.37. The van der Waals surface area contributed by atoms with Crippen molar-refractivity contribution in [3.63, 3.8) is 0 Å². The van der Waals surface area contributed by atoms with E-state index in [4.69, 9.17) is 0 Å². The Hall–Kier alpha value is -0.0800. The molecule has 2 saturated carbocycles. The Morgan fingerprint density at radius 2 is 1.84 bits per heavy atom. The Bertz CT molecular complexity index is 302. The fraction of sp³-hybridized carbons (Fsp3) is 1.00. The molecular weight excluding hydrogens is 232 g/mol. The fourth-order valence-electron chi connectivity index (χ4n) is 4.44. The molecule has 2 nitrogen and oxygen atoms in total. The van der Waals surface area contributed by atoms with Gasteiger partial charge in [0.2, 0.25) is 0 Å². The molecule has 2 aliphatic carbocycles. The van der Waals surface area contributed by atoms with Gasteiger partial charge in [-0.2, -0.15) is 0 Å². The molecule has 3 aliphatic rings. The predicted octanol–water partition coefficient (Wildman–Crippen LogP) is 3.28. The standard InChI is InChI=1S/C17H32N2/c1-13(2)16-10-18-17(8-4-5-9-17)12-19(16)11-14(3)15-6-7-15/h13-16,18H,4-12H2,1-3H3. The molecule has 3 fully saturated rings. The predicted molar refractivity (Wildman–Crippen MR) is 81.3 cm³/mol. The normalized spacial score (nSPS) is 33.2. The van der Waals surface area contributed by atoms with Gasteiger partial charge in [0.05, 0.1) is 0 Å². The molecule has 1 heterocycles. The number of rotatable bonds is 4. The molecule has 19 heavy (non-hydrogen) atoms. The van der Waals surface area contributed by atoms with Gasteiger partial charge < -0.3 is 5.32 Å². The zero-order valence-corrected chi connectivity index (χ0v) is 13.1. The Labute approximate surface area is 119 Å². The van der Waals surface area contributed by atoms with Crippen molar-refractivity contribution in [2.24, 2.45) is 17.8 Å². The van der Waals surface area contributed by atoms with Crippen molar-refractivity contribution in [1.82, 2.24) is 10.2 Å². The molecule has 2 atom stereocenters. The highest BCUT2D eigenvalue weighted by molar-refractivity contribution is 5.02. The van der Waals surface area contributed by atoms with Crippen LogP contribution in [0, 0.1) is 17.8 Å². The Balaban J connectivity index is 1.66. The monoisotopic (exact) mass is 264 g/mol. The van der Waals surface area contributed by atoms with Crippen LogP contribution in [0.15, 0.2) is 0 Å². The van der Waals surface area contributed by atoms with Gasteiger partial charge in [-0.1, -0.05) is 33.6 Å². The van der Waals surface area contributed by atoms with E-state index in [1.54, 1.807) is 0 Å². The first-order chi connectivity index (χ1) is 9.10. The van der Waals surface area contributed by atoms with E-state index in [1.165, 1.54) is 58.2 Å². The van der Waals surface area contributed by atoms with E-state index in [0.29, 0.717) is 5.54 Å². The summed E-state index contributed by atoms with van der Waals surface area (Å²) >= 11 is 0. The van der Waals surface area contributed by atoms with Crippen LogP contribution in [0.25, 0.3) is 0 Å². The van der Waals surface area contributed by atoms with E-state index in [9.17, 15) is 0 Å². The summed E-state index contributed by atoms with van der Waals surface area (Å²) in [6, 6.07) is 0.757. The van der Waals surface area contributed by atoms with E-state index < -0.39 is 0 Å². The first-order valence-electron chi connectivity index (χ1n) is 8.59. The molecule has 2 heteroatoms. The summed E-state index contributed by atoms with van der Waals surface area (Å²) in [6.07, 6.45) is 8.67. The maximum absolute atomic E-state index is 3.93. The molecule has 0 aromatic heterocycles. The van der Waals surface area contributed by atoms with Gasteiger partial charge in [0.1, 0.15) is 0 Å². The van der Waals surface area contributed by atoms with Crippen molar-refractivity contribution < 1.29 is 0 Å². The largest absolute Gasteiger partial charge is 0.308 e. The summed E-state index contributed by atoms with van der Waals surface area (Å²) in [4.78, 5) is 2.86. The second-order valence-electron chi connectivity index (χ2n) is 7.92. The number of hydrogen-bond acceptors (Lipinski definition) is 2. The van der Waals surface area contributed by atoms with Gasteiger partial charge in [0, 0.05) is 31.2 Å². The second-order valence-corrected chi connectivity index (χ2v) is 7.92. The topological polar surface area (TPSA) is 15.3 Å². The van der Waals surface area contributed by atoms with Crippen molar-refractivity contribution in [2.75, 3.05) is 19.6 Å². The molecule has 1 N–H and O–H groups in total. The highest BCUT2D eigenvalue weighted by Gasteiger charge is 2.42. The number of piperazine rings is 1. The molecule has 0 bridgehead atoms. The van der Waals surface area contributed by atoms with Crippen molar-refractivity contribution in [3.8, 4) is 0 Å². The lowest BCUT2D eigenvalue weighted by atomic mass is 9.88. The lowest BCUT2D eigenvalue weighted by Crippen LogP contribution is -2.64. The SMILES string of the molecule is CC(C)C1CNC2(CCCC2)CN1CC(C)C1CC1. The van der Waals surface area contributed by atoms with E-state index in [1.807, 2.05) is 0 Å². The van der Waals surface area contributed by atoms with E-state index in [0.717, 1.165) is 23.8 Å². The average Bonchev–Trinajstić information content (AvgIpc) is 3.13. The molecule has 1 spiro atoms. The summed E-state index contributed by atoms with van der Waals surface area (Å²) in [7, 11) is 0. The van der Waals surface area contributed by atoms with Gasteiger partial charge in [-0.05, 0) is 43.4 Å². The minimum Gasteiger partial charge on any atom is -0.308 e. The molecule has 2 unspecified atom stereocenters. The average molecular weight is 264 g/mol. The Morgan fingerprint density at radius 3 is 2.42 bits per heavy atom.